The van der Waals surface area contributed by atoms with Crippen molar-refractivity contribution in [3.05, 3.63) is 51.6 Å². The second-order valence-corrected chi connectivity index (χ2v) is 12.9. The summed E-state index contributed by atoms with van der Waals surface area (Å²) in [6.45, 7) is 7.57. The second-order valence-electron chi connectivity index (χ2n) is 12.9. The first-order chi connectivity index (χ1) is 22.9. The lowest BCUT2D eigenvalue weighted by Gasteiger charge is -2.37. The SMILES string of the molecule is CNCCNC(=O)[C@]1(O)Cc2c(O)c3c(c(O)c2[C@@H](O)C1)C(=O)c1c(OC)cccc1C3=O.C[C@@H]1OCC[C@H]2[C@@H]1O[C@@H]1[C@@H](C)OCCN12. The zero-order valence-corrected chi connectivity index (χ0v) is 27.4. The maximum absolute atomic E-state index is 13.3. The molecule has 14 nitrogen and oxygen atoms in total. The van der Waals surface area contributed by atoms with E-state index in [0.717, 1.165) is 26.2 Å². The molecule has 48 heavy (non-hydrogen) atoms. The van der Waals surface area contributed by atoms with Crippen molar-refractivity contribution < 1.29 is 53.8 Å². The van der Waals surface area contributed by atoms with Crippen LogP contribution in [0.25, 0.3) is 0 Å². The number of hydrogen-bond acceptors (Lipinski definition) is 13. The van der Waals surface area contributed by atoms with Gasteiger partial charge in [0.2, 0.25) is 5.78 Å². The molecule has 14 heteroatoms. The summed E-state index contributed by atoms with van der Waals surface area (Å²) in [7, 11) is 3.02. The molecule has 0 bridgehead atoms. The van der Waals surface area contributed by atoms with Crippen LogP contribution in [0.5, 0.6) is 17.2 Å². The number of rotatable bonds is 5. The molecule has 2 aromatic rings. The summed E-state index contributed by atoms with van der Waals surface area (Å²) in [5, 5.41) is 49.0. The summed E-state index contributed by atoms with van der Waals surface area (Å²) >= 11 is 0. The van der Waals surface area contributed by atoms with E-state index in [1.54, 1.807) is 7.05 Å². The molecular weight excluding hydrogens is 626 g/mol. The summed E-state index contributed by atoms with van der Waals surface area (Å²) in [4.78, 5) is 41.6. The number of aliphatic hydroxyl groups excluding tert-OH is 1. The number of nitrogens with zero attached hydrogens (tertiary/aromatic N) is 1. The van der Waals surface area contributed by atoms with Crippen LogP contribution in [0.4, 0.5) is 0 Å². The molecule has 7 rings (SSSR count). The van der Waals surface area contributed by atoms with Crippen molar-refractivity contribution in [2.75, 3.05) is 47.0 Å². The Morgan fingerprint density at radius 2 is 1.77 bits per heavy atom. The normalized spacial score (nSPS) is 30.5. The zero-order valence-electron chi connectivity index (χ0n) is 27.4. The van der Waals surface area contributed by atoms with E-state index < -0.39 is 64.6 Å². The van der Waals surface area contributed by atoms with Gasteiger partial charge in [0.15, 0.2) is 5.78 Å². The van der Waals surface area contributed by atoms with Crippen LogP contribution in [0.1, 0.15) is 75.8 Å². The summed E-state index contributed by atoms with van der Waals surface area (Å²) in [5.74, 6) is -3.44. The van der Waals surface area contributed by atoms with E-state index >= 15 is 0 Å². The number of benzene rings is 2. The fourth-order valence-corrected chi connectivity index (χ4v) is 7.61. The van der Waals surface area contributed by atoms with Crippen LogP contribution in [-0.4, -0.2) is 126 Å². The topological polar surface area (TPSA) is 196 Å². The number of carbonyl (C=O) groups is 3. The Hall–Kier alpha value is -3.63. The molecule has 5 aliphatic rings. The van der Waals surface area contributed by atoms with Crippen LogP contribution >= 0.6 is 0 Å². The molecule has 0 saturated carbocycles. The first-order valence-electron chi connectivity index (χ1n) is 16.3. The van der Waals surface area contributed by atoms with Crippen molar-refractivity contribution in [3.8, 4) is 17.2 Å². The van der Waals surface area contributed by atoms with Crippen LogP contribution in [0.3, 0.4) is 0 Å². The van der Waals surface area contributed by atoms with Gasteiger partial charge in [-0.3, -0.25) is 19.3 Å². The number of morpholine rings is 1. The van der Waals surface area contributed by atoms with E-state index in [0.29, 0.717) is 12.6 Å². The molecule has 3 saturated heterocycles. The van der Waals surface area contributed by atoms with E-state index in [4.69, 9.17) is 18.9 Å². The minimum atomic E-state index is -2.10. The Kier molecular flexibility index (Phi) is 9.52. The number of methoxy groups -OCH3 is 1. The third kappa shape index (κ3) is 5.64. The van der Waals surface area contributed by atoms with E-state index in [-0.39, 0.29) is 59.1 Å². The zero-order chi connectivity index (χ0) is 34.5. The molecule has 3 aliphatic heterocycles. The van der Waals surface area contributed by atoms with Gasteiger partial charge < -0.3 is 50.0 Å². The number of amides is 1. The fourth-order valence-electron chi connectivity index (χ4n) is 7.61. The fraction of sp³-hybridized carbons (Fsp3) is 0.559. The maximum atomic E-state index is 13.3. The van der Waals surface area contributed by atoms with Gasteiger partial charge in [-0.15, -0.1) is 0 Å². The van der Waals surface area contributed by atoms with E-state index in [2.05, 4.69) is 29.4 Å². The lowest BCUT2D eigenvalue weighted by atomic mass is 9.72. The van der Waals surface area contributed by atoms with Crippen molar-refractivity contribution in [1.82, 2.24) is 15.5 Å². The van der Waals surface area contributed by atoms with Gasteiger partial charge >= 0.3 is 0 Å². The van der Waals surface area contributed by atoms with Gasteiger partial charge in [0.1, 0.15) is 35.2 Å². The van der Waals surface area contributed by atoms with Crippen LogP contribution in [0.2, 0.25) is 0 Å². The highest BCUT2D eigenvalue weighted by molar-refractivity contribution is 6.31. The van der Waals surface area contributed by atoms with E-state index in [9.17, 15) is 34.8 Å². The number of phenols is 2. The number of nitrogens with one attached hydrogen (secondary N) is 2. The third-order valence-electron chi connectivity index (χ3n) is 10.00. The molecule has 0 unspecified atom stereocenters. The lowest BCUT2D eigenvalue weighted by molar-refractivity contribution is -0.148. The van der Waals surface area contributed by atoms with Crippen molar-refractivity contribution in [1.29, 1.82) is 0 Å². The van der Waals surface area contributed by atoms with Gasteiger partial charge in [-0.2, -0.15) is 0 Å². The van der Waals surface area contributed by atoms with E-state index in [1.165, 1.54) is 25.3 Å². The first kappa shape index (κ1) is 34.2. The Morgan fingerprint density at radius 1 is 1.04 bits per heavy atom. The highest BCUT2D eigenvalue weighted by Crippen LogP contribution is 2.51. The van der Waals surface area contributed by atoms with Crippen LogP contribution < -0.4 is 15.4 Å². The van der Waals surface area contributed by atoms with Crippen molar-refractivity contribution in [3.63, 3.8) is 0 Å². The monoisotopic (exact) mass is 669 g/mol. The first-order valence-corrected chi connectivity index (χ1v) is 16.3. The molecule has 0 spiro atoms. The van der Waals surface area contributed by atoms with Gasteiger partial charge in [0, 0.05) is 61.8 Å². The van der Waals surface area contributed by atoms with E-state index in [1.807, 2.05) is 0 Å². The van der Waals surface area contributed by atoms with Crippen LogP contribution in [0.15, 0.2) is 18.2 Å². The van der Waals surface area contributed by atoms with Crippen molar-refractivity contribution in [2.45, 2.75) is 75.4 Å². The van der Waals surface area contributed by atoms with Gasteiger partial charge in [0.25, 0.3) is 5.91 Å². The molecule has 260 valence electrons. The Bertz CT molecular complexity index is 1590. The number of hydrogen-bond donors (Lipinski definition) is 6. The molecule has 2 aromatic carbocycles. The number of fused-ring (bicyclic) bond motifs is 6. The minimum Gasteiger partial charge on any atom is -0.507 e. The Balaban J connectivity index is 0.000000221. The van der Waals surface area contributed by atoms with Gasteiger partial charge in [-0.25, -0.2) is 0 Å². The maximum Gasteiger partial charge on any atom is 0.252 e. The molecule has 0 radical (unpaired) electrons. The predicted octanol–water partition coefficient (Wildman–Crippen LogP) is 0.538. The number of phenolic OH excluding ortho intramolecular Hbond substituents is 2. The summed E-state index contributed by atoms with van der Waals surface area (Å²) < 4.78 is 22.5. The summed E-state index contributed by atoms with van der Waals surface area (Å²) in [5.41, 5.74) is -3.42. The largest absolute Gasteiger partial charge is 0.507 e. The second kappa shape index (κ2) is 13.3. The Labute approximate surface area is 277 Å². The standard InChI is InChI=1S/C23H24N2O8.C11H19NO3/c1-24-6-7-25-22(31)23(32)8-11-14(12(26)9-23)20(29)17-16(19(11)28)18(27)10-4-3-5-13(33-2)15(10)21(17)30;1-7-10-9(3-5-13-7)12-4-6-14-8(2)11(12)15-10/h3-5,12,24,26,28-29,32H,6-9H2,1-2H3,(H,25,31);7-11H,3-6H2,1-2H3/t12-,23-;7-,8+,9-,10+,11+/m00/s1. The minimum absolute atomic E-state index is 0.0158. The highest BCUT2D eigenvalue weighted by atomic mass is 16.6. The summed E-state index contributed by atoms with van der Waals surface area (Å²) in [6, 6.07) is 4.95. The summed E-state index contributed by atoms with van der Waals surface area (Å²) in [6.07, 6.45) is -0.614. The van der Waals surface area contributed by atoms with Crippen LogP contribution in [-0.2, 0) is 25.4 Å². The molecule has 0 aromatic heterocycles. The molecule has 1 amide bonds. The van der Waals surface area contributed by atoms with Gasteiger partial charge in [0.05, 0.1) is 48.7 Å². The predicted molar refractivity (Wildman–Crippen MR) is 169 cm³/mol. The number of aliphatic hydroxyl groups is 2. The molecule has 7 atom stereocenters. The number of ether oxygens (including phenoxy) is 4. The quantitative estimate of drug-likeness (QED) is 0.163. The molecule has 3 heterocycles. The number of likely N-dealkylation sites (N-methyl/N-ethyl adjacent to an activating group) is 1. The smallest absolute Gasteiger partial charge is 0.252 e. The lowest BCUT2D eigenvalue weighted by Crippen LogP contribution is -2.52. The number of carbonyl (C=O) groups excluding carboxylic acids is 3. The van der Waals surface area contributed by atoms with Gasteiger partial charge in [-0.1, -0.05) is 12.1 Å². The average molecular weight is 670 g/mol. The Morgan fingerprint density at radius 3 is 2.50 bits per heavy atom. The molecule has 3 fully saturated rings. The number of aromatic hydroxyl groups is 2. The molecular formula is C34H43N3O11. The molecule has 6 N–H and O–H groups in total. The highest BCUT2D eigenvalue weighted by Gasteiger charge is 2.50. The molecule has 2 aliphatic carbocycles. The number of ketones is 2. The van der Waals surface area contributed by atoms with Crippen LogP contribution in [0, 0.1) is 0 Å². The van der Waals surface area contributed by atoms with Gasteiger partial charge in [-0.05, 0) is 33.4 Å². The average Bonchev–Trinajstić information content (AvgIpc) is 3.46. The van der Waals surface area contributed by atoms with Crippen molar-refractivity contribution in [2.24, 2.45) is 0 Å². The third-order valence-corrected chi connectivity index (χ3v) is 10.00. The van der Waals surface area contributed by atoms with Crippen molar-refractivity contribution >= 4 is 17.5 Å².